The summed E-state index contributed by atoms with van der Waals surface area (Å²) in [5.74, 6) is -1.17. The molecule has 0 aromatic heterocycles. The lowest BCUT2D eigenvalue weighted by Gasteiger charge is -2.31. The first-order valence-electron chi connectivity index (χ1n) is 7.95. The third-order valence-corrected chi connectivity index (χ3v) is 4.62. The Labute approximate surface area is 150 Å². The molecule has 6 heteroatoms. The maximum atomic E-state index is 12.0. The molecule has 0 aliphatic carbocycles. The lowest BCUT2D eigenvalue weighted by Crippen LogP contribution is -2.47. The van der Waals surface area contributed by atoms with E-state index in [1.54, 1.807) is 6.07 Å². The highest BCUT2D eigenvalue weighted by atomic mass is 35.5. The zero-order valence-electron chi connectivity index (χ0n) is 13.6. The Morgan fingerprint density at radius 2 is 2.00 bits per heavy atom. The largest absolute Gasteiger partial charge is 0.480 e. The fraction of sp³-hybridized carbons (Fsp3) is 0.263. The summed E-state index contributed by atoms with van der Waals surface area (Å²) in [6.45, 7) is 1.91. The van der Waals surface area contributed by atoms with Crippen LogP contribution in [0.1, 0.15) is 22.7 Å². The first-order valence-corrected chi connectivity index (χ1v) is 8.38. The standard InChI is InChI=1S/C19H18ClNO4/c1-11-7-8-15-13(9-11)17(16(20)19(24)25-15)21-14(18(22)23)10-12-5-3-2-4-6-12/h2-9,14,16-17,21H,10H2,1H3,(H,22,23)/t14-,16+,17+/m0/s1. The molecule has 2 aromatic rings. The fourth-order valence-electron chi connectivity index (χ4n) is 2.92. The number of ether oxygens (including phenoxy) is 1. The molecule has 0 fully saturated rings. The molecule has 0 unspecified atom stereocenters. The number of nitrogens with one attached hydrogen (secondary N) is 1. The maximum Gasteiger partial charge on any atom is 0.331 e. The number of benzene rings is 2. The predicted molar refractivity (Wildman–Crippen MR) is 93.9 cm³/mol. The van der Waals surface area contributed by atoms with Gasteiger partial charge in [-0.15, -0.1) is 11.6 Å². The molecule has 1 aliphatic heterocycles. The monoisotopic (exact) mass is 359 g/mol. The van der Waals surface area contributed by atoms with Gasteiger partial charge in [0.2, 0.25) is 0 Å². The van der Waals surface area contributed by atoms with Crippen LogP contribution in [0.2, 0.25) is 0 Å². The number of aryl methyl sites for hydroxylation is 1. The van der Waals surface area contributed by atoms with Crippen molar-refractivity contribution >= 4 is 23.5 Å². The number of carbonyl (C=O) groups excluding carboxylic acids is 1. The van der Waals surface area contributed by atoms with Crippen molar-refractivity contribution in [3.8, 4) is 5.75 Å². The Bertz CT molecular complexity index is 793. The number of carbonyl (C=O) groups is 2. The van der Waals surface area contributed by atoms with Crippen molar-refractivity contribution in [2.45, 2.75) is 30.8 Å². The molecule has 3 rings (SSSR count). The SMILES string of the molecule is Cc1ccc2c(c1)[C@@H](N[C@@H](Cc1ccccc1)C(=O)O)[C@@H](Cl)C(=O)O2. The van der Waals surface area contributed by atoms with Gasteiger partial charge in [-0.25, -0.2) is 4.79 Å². The summed E-state index contributed by atoms with van der Waals surface area (Å²) >= 11 is 6.23. The van der Waals surface area contributed by atoms with E-state index in [4.69, 9.17) is 16.3 Å². The van der Waals surface area contributed by atoms with Crippen LogP contribution in [0.25, 0.3) is 0 Å². The summed E-state index contributed by atoms with van der Waals surface area (Å²) in [7, 11) is 0. The molecular formula is C19H18ClNO4. The van der Waals surface area contributed by atoms with Crippen LogP contribution in [-0.2, 0) is 16.0 Å². The van der Waals surface area contributed by atoms with E-state index in [-0.39, 0.29) is 6.42 Å². The lowest BCUT2D eigenvalue weighted by atomic mass is 9.96. The second-order valence-corrected chi connectivity index (χ2v) is 6.56. The second kappa shape index (κ2) is 7.25. The van der Waals surface area contributed by atoms with E-state index in [1.807, 2.05) is 49.4 Å². The highest BCUT2D eigenvalue weighted by Crippen LogP contribution is 2.36. The molecule has 130 valence electrons. The number of alkyl halides is 1. The zero-order valence-corrected chi connectivity index (χ0v) is 14.4. The quantitative estimate of drug-likeness (QED) is 0.488. The first-order chi connectivity index (χ1) is 12.0. The highest BCUT2D eigenvalue weighted by molar-refractivity contribution is 6.31. The van der Waals surface area contributed by atoms with Crippen molar-refractivity contribution in [1.82, 2.24) is 5.32 Å². The van der Waals surface area contributed by atoms with Crippen LogP contribution in [0.5, 0.6) is 5.75 Å². The van der Waals surface area contributed by atoms with E-state index in [2.05, 4.69) is 5.32 Å². The number of hydrogen-bond acceptors (Lipinski definition) is 4. The molecule has 1 heterocycles. The van der Waals surface area contributed by atoms with Crippen LogP contribution in [-0.4, -0.2) is 28.5 Å². The predicted octanol–water partition coefficient (Wildman–Crippen LogP) is 2.85. The van der Waals surface area contributed by atoms with Crippen LogP contribution < -0.4 is 10.1 Å². The summed E-state index contributed by atoms with van der Waals surface area (Å²) in [5, 5.41) is 11.6. The number of rotatable bonds is 5. The van der Waals surface area contributed by atoms with Crippen LogP contribution in [0, 0.1) is 6.92 Å². The second-order valence-electron chi connectivity index (χ2n) is 6.09. The van der Waals surface area contributed by atoms with Crippen molar-refractivity contribution < 1.29 is 19.4 Å². The molecule has 0 saturated heterocycles. The molecule has 3 atom stereocenters. The third kappa shape index (κ3) is 3.83. The third-order valence-electron chi connectivity index (χ3n) is 4.19. The summed E-state index contributed by atoms with van der Waals surface area (Å²) < 4.78 is 5.23. The van der Waals surface area contributed by atoms with E-state index in [9.17, 15) is 14.7 Å². The lowest BCUT2D eigenvalue weighted by molar-refractivity contribution is -0.141. The molecule has 0 spiro atoms. The van der Waals surface area contributed by atoms with Gasteiger partial charge in [-0.05, 0) is 25.0 Å². The van der Waals surface area contributed by atoms with Crippen LogP contribution >= 0.6 is 11.6 Å². The Morgan fingerprint density at radius 3 is 2.68 bits per heavy atom. The first kappa shape index (κ1) is 17.5. The van der Waals surface area contributed by atoms with Gasteiger partial charge in [-0.2, -0.15) is 0 Å². The van der Waals surface area contributed by atoms with Gasteiger partial charge in [0.1, 0.15) is 11.8 Å². The molecule has 2 N–H and O–H groups in total. The van der Waals surface area contributed by atoms with Gasteiger partial charge in [0, 0.05) is 5.56 Å². The summed E-state index contributed by atoms with van der Waals surface area (Å²) in [6.07, 6.45) is 0.284. The average Bonchev–Trinajstić information content (AvgIpc) is 2.59. The van der Waals surface area contributed by atoms with Crippen LogP contribution in [0.4, 0.5) is 0 Å². The highest BCUT2D eigenvalue weighted by Gasteiger charge is 2.38. The number of carboxylic acids is 1. The zero-order chi connectivity index (χ0) is 18.0. The van der Waals surface area contributed by atoms with Crippen LogP contribution in [0.15, 0.2) is 48.5 Å². The Kier molecular flexibility index (Phi) is 5.06. The van der Waals surface area contributed by atoms with Gasteiger partial charge in [0.25, 0.3) is 0 Å². The molecule has 0 amide bonds. The van der Waals surface area contributed by atoms with E-state index >= 15 is 0 Å². The van der Waals surface area contributed by atoms with Crippen LogP contribution in [0.3, 0.4) is 0 Å². The van der Waals surface area contributed by atoms with E-state index in [1.165, 1.54) is 0 Å². The van der Waals surface area contributed by atoms with E-state index in [0.29, 0.717) is 11.3 Å². The van der Waals surface area contributed by atoms with E-state index < -0.39 is 29.4 Å². The van der Waals surface area contributed by atoms with Gasteiger partial charge < -0.3 is 9.84 Å². The topological polar surface area (TPSA) is 75.6 Å². The van der Waals surface area contributed by atoms with Gasteiger partial charge in [0.15, 0.2) is 5.38 Å². The molecule has 25 heavy (non-hydrogen) atoms. The smallest absolute Gasteiger partial charge is 0.331 e. The number of halogens is 1. The number of carboxylic acid groups (broad SMARTS) is 1. The summed E-state index contributed by atoms with van der Waals surface area (Å²) in [6, 6.07) is 13.2. The Balaban J connectivity index is 1.89. The van der Waals surface area contributed by atoms with Crippen molar-refractivity contribution in [3.63, 3.8) is 0 Å². The van der Waals surface area contributed by atoms with Crippen molar-refractivity contribution in [1.29, 1.82) is 0 Å². The van der Waals surface area contributed by atoms with Gasteiger partial charge in [-0.3, -0.25) is 10.1 Å². The molecule has 1 aliphatic rings. The fourth-order valence-corrected chi connectivity index (χ4v) is 3.17. The Hall–Kier alpha value is -2.37. The summed E-state index contributed by atoms with van der Waals surface area (Å²) in [4.78, 5) is 23.7. The van der Waals surface area contributed by atoms with Gasteiger partial charge in [-0.1, -0.05) is 48.0 Å². The molecular weight excluding hydrogens is 342 g/mol. The minimum absolute atomic E-state index is 0.284. The number of esters is 1. The number of hydrogen-bond donors (Lipinski definition) is 2. The Morgan fingerprint density at radius 1 is 1.28 bits per heavy atom. The molecule has 0 bridgehead atoms. The average molecular weight is 360 g/mol. The van der Waals surface area contributed by atoms with Crippen molar-refractivity contribution in [3.05, 3.63) is 65.2 Å². The van der Waals surface area contributed by atoms with E-state index in [0.717, 1.165) is 11.1 Å². The number of aliphatic carboxylic acids is 1. The molecule has 5 nitrogen and oxygen atoms in total. The minimum Gasteiger partial charge on any atom is -0.480 e. The molecule has 0 radical (unpaired) electrons. The summed E-state index contributed by atoms with van der Waals surface area (Å²) in [5.41, 5.74) is 2.55. The van der Waals surface area contributed by atoms with Gasteiger partial charge >= 0.3 is 11.9 Å². The molecule has 0 saturated carbocycles. The maximum absolute atomic E-state index is 12.0. The van der Waals surface area contributed by atoms with Gasteiger partial charge in [0.05, 0.1) is 6.04 Å². The minimum atomic E-state index is -0.999. The number of fused-ring (bicyclic) bond motifs is 1. The van der Waals surface area contributed by atoms with Crippen molar-refractivity contribution in [2.75, 3.05) is 0 Å². The molecule has 2 aromatic carbocycles. The normalized spacial score (nSPS) is 20.5. The van der Waals surface area contributed by atoms with Crippen molar-refractivity contribution in [2.24, 2.45) is 0 Å².